The lowest BCUT2D eigenvalue weighted by atomic mass is 9.79. The average molecular weight is 525 g/mol. The number of methoxy groups -OCH3 is 1. The Morgan fingerprint density at radius 1 is 1.16 bits per heavy atom. The fraction of sp³-hybridized carbons (Fsp3) is 0.467. The van der Waals surface area contributed by atoms with Crippen molar-refractivity contribution in [3.05, 3.63) is 70.9 Å². The number of hydrogen-bond donors (Lipinski definition) is 2. The molecule has 1 aromatic heterocycles. The van der Waals surface area contributed by atoms with Gasteiger partial charge in [-0.1, -0.05) is 23.7 Å². The lowest BCUT2D eigenvalue weighted by Crippen LogP contribution is -2.41. The van der Waals surface area contributed by atoms with Gasteiger partial charge in [-0.05, 0) is 111 Å². The normalized spacial score (nSPS) is 19.1. The molecule has 0 aliphatic carbocycles. The van der Waals surface area contributed by atoms with Gasteiger partial charge in [0.15, 0.2) is 0 Å². The van der Waals surface area contributed by atoms with Crippen LogP contribution in [0.4, 0.5) is 0 Å². The second kappa shape index (κ2) is 13.2. The third-order valence-electron chi connectivity index (χ3n) is 7.67. The minimum absolute atomic E-state index is 0.101. The highest BCUT2D eigenvalue weighted by atomic mass is 35.5. The van der Waals surface area contributed by atoms with Crippen LogP contribution in [0.3, 0.4) is 0 Å². The van der Waals surface area contributed by atoms with Crippen LogP contribution in [0.1, 0.15) is 55.8 Å². The first-order valence-electron chi connectivity index (χ1n) is 13.2. The van der Waals surface area contributed by atoms with Crippen molar-refractivity contribution in [1.29, 1.82) is 0 Å². The van der Waals surface area contributed by atoms with Crippen LogP contribution in [0.15, 0.2) is 54.7 Å². The second-order valence-electron chi connectivity index (χ2n) is 10.2. The molecule has 3 aromatic rings. The molecule has 2 N–H and O–H groups in total. The number of halogens is 1. The number of carboxylic acid groups (broad SMARTS) is 1. The maximum absolute atomic E-state index is 11.6. The topological polar surface area (TPSA) is 82.9 Å². The summed E-state index contributed by atoms with van der Waals surface area (Å²) >= 11 is 5.97. The first-order valence-corrected chi connectivity index (χ1v) is 13.6. The second-order valence-corrected chi connectivity index (χ2v) is 10.6. The van der Waals surface area contributed by atoms with Crippen molar-refractivity contribution in [1.82, 2.24) is 9.88 Å². The van der Waals surface area contributed by atoms with E-state index >= 15 is 0 Å². The minimum atomic E-state index is -0.743. The largest absolute Gasteiger partial charge is 0.497 e. The molecule has 7 heteroatoms. The Labute approximate surface area is 224 Å². The van der Waals surface area contributed by atoms with Gasteiger partial charge in [-0.15, -0.1) is 0 Å². The number of ether oxygens (including phenoxy) is 1. The van der Waals surface area contributed by atoms with E-state index in [1.807, 2.05) is 36.4 Å². The fourth-order valence-corrected chi connectivity index (χ4v) is 5.73. The Bertz CT molecular complexity index is 1170. The molecule has 37 heavy (non-hydrogen) atoms. The first-order chi connectivity index (χ1) is 17.9. The molecule has 0 bridgehead atoms. The van der Waals surface area contributed by atoms with Crippen molar-refractivity contribution >= 4 is 28.5 Å². The molecule has 198 valence electrons. The maximum atomic E-state index is 11.6. The highest BCUT2D eigenvalue weighted by Crippen LogP contribution is 2.35. The van der Waals surface area contributed by atoms with Crippen molar-refractivity contribution in [3.63, 3.8) is 0 Å². The zero-order chi connectivity index (χ0) is 26.2. The predicted molar refractivity (Wildman–Crippen MR) is 147 cm³/mol. The van der Waals surface area contributed by atoms with Crippen molar-refractivity contribution < 1.29 is 19.7 Å². The molecule has 0 radical (unpaired) electrons. The third-order valence-corrected chi connectivity index (χ3v) is 7.92. The fourth-order valence-electron chi connectivity index (χ4n) is 5.60. The van der Waals surface area contributed by atoms with Crippen LogP contribution in [0, 0.1) is 11.8 Å². The van der Waals surface area contributed by atoms with Gasteiger partial charge in [0.05, 0.1) is 18.7 Å². The van der Waals surface area contributed by atoms with Crippen LogP contribution < -0.4 is 4.74 Å². The number of aryl methyl sites for hydroxylation is 1. The van der Waals surface area contributed by atoms with Crippen LogP contribution in [-0.4, -0.2) is 52.8 Å². The van der Waals surface area contributed by atoms with Gasteiger partial charge >= 0.3 is 5.97 Å². The van der Waals surface area contributed by atoms with Crippen LogP contribution >= 0.6 is 11.6 Å². The molecular weight excluding hydrogens is 488 g/mol. The molecule has 1 fully saturated rings. The number of rotatable bonds is 12. The van der Waals surface area contributed by atoms with Gasteiger partial charge in [0.2, 0.25) is 0 Å². The van der Waals surface area contributed by atoms with Crippen molar-refractivity contribution in [2.24, 2.45) is 11.8 Å². The summed E-state index contributed by atoms with van der Waals surface area (Å²) in [5, 5.41) is 22.3. The van der Waals surface area contributed by atoms with Gasteiger partial charge in [-0.2, -0.15) is 0 Å². The summed E-state index contributed by atoms with van der Waals surface area (Å²) in [4.78, 5) is 18.5. The number of piperidine rings is 1. The smallest absolute Gasteiger partial charge is 0.303 e. The Kier molecular flexibility index (Phi) is 9.78. The molecule has 2 aromatic carbocycles. The molecule has 2 heterocycles. The van der Waals surface area contributed by atoms with Gasteiger partial charge < -0.3 is 19.8 Å². The molecule has 0 unspecified atom stereocenters. The monoisotopic (exact) mass is 524 g/mol. The van der Waals surface area contributed by atoms with Crippen molar-refractivity contribution in [3.8, 4) is 5.75 Å². The molecule has 3 atom stereocenters. The number of fused-ring (bicyclic) bond motifs is 1. The summed E-state index contributed by atoms with van der Waals surface area (Å²) in [5.41, 5.74) is 2.97. The first kappa shape index (κ1) is 27.4. The van der Waals surface area contributed by atoms with Gasteiger partial charge in [0.25, 0.3) is 0 Å². The molecule has 0 amide bonds. The van der Waals surface area contributed by atoms with Gasteiger partial charge in [0.1, 0.15) is 5.75 Å². The summed E-state index contributed by atoms with van der Waals surface area (Å²) in [6.07, 6.45) is 6.85. The number of aromatic nitrogens is 1. The molecule has 1 aliphatic heterocycles. The average Bonchev–Trinajstić information content (AvgIpc) is 2.90. The van der Waals surface area contributed by atoms with E-state index in [9.17, 15) is 15.0 Å². The number of benzene rings is 2. The van der Waals surface area contributed by atoms with Crippen LogP contribution in [0.25, 0.3) is 10.9 Å². The standard InChI is InChI=1S/C30H37ClN2O4/c1-37-25-10-11-28-27(19-25)26(13-15-32-28)29(34)12-7-22-14-17-33(20-23(22)18-30(35)36)16-3-2-4-21-5-8-24(31)9-6-21/h5-6,8-11,13,15,19,22-23,29,34H,2-4,7,12,14,16-18,20H2,1H3,(H,35,36)/t22-,23+,29+/m1/s1. The Morgan fingerprint density at radius 3 is 2.73 bits per heavy atom. The van der Waals surface area contributed by atoms with Gasteiger partial charge in [-0.3, -0.25) is 9.78 Å². The molecular formula is C30H37ClN2O4. The number of nitrogens with zero attached hydrogens (tertiary/aromatic N) is 2. The summed E-state index contributed by atoms with van der Waals surface area (Å²) in [5.74, 6) is 0.381. The molecule has 0 saturated carbocycles. The van der Waals surface area contributed by atoms with E-state index in [-0.39, 0.29) is 12.3 Å². The quantitative estimate of drug-likeness (QED) is 0.277. The number of unbranched alkanes of at least 4 members (excludes halogenated alkanes) is 1. The molecule has 6 nitrogen and oxygen atoms in total. The number of aliphatic hydroxyl groups excluding tert-OH is 1. The number of carboxylic acids is 1. The lowest BCUT2D eigenvalue weighted by molar-refractivity contribution is -0.139. The number of aliphatic hydroxyl groups is 1. The van der Waals surface area contributed by atoms with E-state index < -0.39 is 12.1 Å². The highest BCUT2D eigenvalue weighted by molar-refractivity contribution is 6.30. The molecule has 1 saturated heterocycles. The number of likely N-dealkylation sites (tertiary alicyclic amines) is 1. The van der Waals surface area contributed by atoms with E-state index in [0.29, 0.717) is 12.3 Å². The summed E-state index contributed by atoms with van der Waals surface area (Å²) in [6, 6.07) is 15.6. The Hall–Kier alpha value is -2.67. The maximum Gasteiger partial charge on any atom is 0.303 e. The number of hydrogen-bond acceptors (Lipinski definition) is 5. The van der Waals surface area contributed by atoms with E-state index in [4.69, 9.17) is 16.3 Å². The minimum Gasteiger partial charge on any atom is -0.497 e. The summed E-state index contributed by atoms with van der Waals surface area (Å²) in [6.45, 7) is 2.78. The van der Waals surface area contributed by atoms with Crippen molar-refractivity contribution in [2.75, 3.05) is 26.7 Å². The molecule has 0 spiro atoms. The van der Waals surface area contributed by atoms with Gasteiger partial charge in [0, 0.05) is 29.6 Å². The van der Waals surface area contributed by atoms with E-state index in [2.05, 4.69) is 22.0 Å². The number of pyridine rings is 1. The highest BCUT2D eigenvalue weighted by Gasteiger charge is 2.31. The van der Waals surface area contributed by atoms with Crippen LogP contribution in [-0.2, 0) is 11.2 Å². The van der Waals surface area contributed by atoms with Crippen molar-refractivity contribution in [2.45, 2.75) is 51.0 Å². The van der Waals surface area contributed by atoms with E-state index in [0.717, 1.165) is 79.0 Å². The third kappa shape index (κ3) is 7.67. The number of carbonyl (C=O) groups is 1. The zero-order valence-corrected chi connectivity index (χ0v) is 22.2. The van der Waals surface area contributed by atoms with E-state index in [1.165, 1.54) is 5.56 Å². The molecule has 1 aliphatic rings. The van der Waals surface area contributed by atoms with Crippen LogP contribution in [0.5, 0.6) is 5.75 Å². The lowest BCUT2D eigenvalue weighted by Gasteiger charge is -2.38. The zero-order valence-electron chi connectivity index (χ0n) is 21.5. The molecule has 4 rings (SSSR count). The summed E-state index contributed by atoms with van der Waals surface area (Å²) < 4.78 is 5.36. The predicted octanol–water partition coefficient (Wildman–Crippen LogP) is 6.15. The Balaban J connectivity index is 1.30. The Morgan fingerprint density at radius 2 is 1.97 bits per heavy atom. The summed E-state index contributed by atoms with van der Waals surface area (Å²) in [7, 11) is 1.63. The van der Waals surface area contributed by atoms with E-state index in [1.54, 1.807) is 13.3 Å². The number of aliphatic carboxylic acids is 1. The SMILES string of the molecule is COc1ccc2nccc([C@@H](O)CC[C@@H]3CCN(CCCCc4ccc(Cl)cc4)C[C@@H]3CC(=O)O)c2c1. The van der Waals surface area contributed by atoms with Crippen LogP contribution in [0.2, 0.25) is 5.02 Å². The van der Waals surface area contributed by atoms with Gasteiger partial charge in [-0.25, -0.2) is 0 Å².